The molecule has 0 unspecified atom stereocenters. The molecule has 2 aliphatic heterocycles. The number of aromatic nitrogens is 2. The van der Waals surface area contributed by atoms with Gasteiger partial charge in [-0.15, -0.1) is 0 Å². The van der Waals surface area contributed by atoms with Crippen molar-refractivity contribution in [3.05, 3.63) is 87.2 Å². The van der Waals surface area contributed by atoms with Crippen molar-refractivity contribution in [2.75, 3.05) is 32.9 Å². The predicted octanol–water partition coefficient (Wildman–Crippen LogP) is 7.82. The minimum Gasteiger partial charge on any atom is -0.493 e. The van der Waals surface area contributed by atoms with Crippen LogP contribution in [0.2, 0.25) is 10.0 Å². The molecule has 0 atom stereocenters. The third-order valence-electron chi connectivity index (χ3n) is 8.83. The Morgan fingerprint density at radius 3 is 2.44 bits per heavy atom. The number of aryl methyl sites for hydroxylation is 1. The normalized spacial score (nSPS) is 15.8. The lowest BCUT2D eigenvalue weighted by Gasteiger charge is -2.47. The molecule has 0 saturated carbocycles. The van der Waals surface area contributed by atoms with Crippen molar-refractivity contribution in [1.29, 1.82) is 0 Å². The molecule has 3 aromatic carbocycles. The number of halogens is 5. The first-order valence-corrected chi connectivity index (χ1v) is 16.2. The number of likely N-dealkylation sites (tertiary alicyclic amines) is 1. The van der Waals surface area contributed by atoms with Gasteiger partial charge in [0, 0.05) is 42.4 Å². The Bertz CT molecular complexity index is 1860. The number of benzene rings is 3. The van der Waals surface area contributed by atoms with Gasteiger partial charge in [0.25, 0.3) is 0 Å². The van der Waals surface area contributed by atoms with Crippen molar-refractivity contribution < 1.29 is 37.0 Å². The van der Waals surface area contributed by atoms with E-state index >= 15 is 0 Å². The number of piperidine rings is 1. The highest BCUT2D eigenvalue weighted by molar-refractivity contribution is 6.32. The van der Waals surface area contributed by atoms with Crippen molar-refractivity contribution in [2.24, 2.45) is 5.41 Å². The van der Waals surface area contributed by atoms with Crippen LogP contribution < -0.4 is 9.47 Å². The van der Waals surface area contributed by atoms with Crippen LogP contribution in [0.1, 0.15) is 41.5 Å². The molecule has 48 heavy (non-hydrogen) atoms. The molecule has 8 nitrogen and oxygen atoms in total. The van der Waals surface area contributed by atoms with Crippen LogP contribution in [-0.2, 0) is 33.3 Å². The van der Waals surface area contributed by atoms with Gasteiger partial charge in [-0.2, -0.15) is 13.2 Å². The number of hydrogen-bond acceptors (Lipinski definition) is 7. The van der Waals surface area contributed by atoms with E-state index in [0.29, 0.717) is 28.0 Å². The molecule has 0 radical (unpaired) electrons. The summed E-state index contributed by atoms with van der Waals surface area (Å²) < 4.78 is 57.0. The van der Waals surface area contributed by atoms with Crippen molar-refractivity contribution in [3.63, 3.8) is 0 Å². The van der Waals surface area contributed by atoms with E-state index in [9.17, 15) is 22.8 Å². The lowest BCUT2D eigenvalue weighted by Crippen LogP contribution is -2.52. The first kappa shape index (κ1) is 34.0. The summed E-state index contributed by atoms with van der Waals surface area (Å²) >= 11 is 12.2. The largest absolute Gasteiger partial charge is 0.493 e. The highest BCUT2D eigenvalue weighted by atomic mass is 35.5. The molecule has 3 heterocycles. The maximum Gasteiger partial charge on any atom is 0.417 e. The lowest BCUT2D eigenvalue weighted by molar-refractivity contribution is -0.153. The summed E-state index contributed by atoms with van der Waals surface area (Å²) in [6, 6.07) is 11.9. The number of ether oxygens (including phenoxy) is 3. The third kappa shape index (κ3) is 7.69. The predicted molar refractivity (Wildman–Crippen MR) is 174 cm³/mol. The van der Waals surface area contributed by atoms with E-state index in [1.165, 1.54) is 12.4 Å². The Morgan fingerprint density at radius 2 is 1.75 bits per heavy atom. The van der Waals surface area contributed by atoms with Gasteiger partial charge in [-0.3, -0.25) is 9.59 Å². The molecule has 0 bridgehead atoms. The van der Waals surface area contributed by atoms with E-state index in [4.69, 9.17) is 37.4 Å². The van der Waals surface area contributed by atoms with E-state index in [0.717, 1.165) is 56.8 Å². The second kappa shape index (κ2) is 13.9. The van der Waals surface area contributed by atoms with E-state index in [1.54, 1.807) is 24.3 Å². The van der Waals surface area contributed by atoms with Crippen LogP contribution in [0.5, 0.6) is 17.4 Å². The van der Waals surface area contributed by atoms with Gasteiger partial charge in [0.15, 0.2) is 0 Å². The molecular formula is C35H32Cl2F3N3O5. The molecule has 2 saturated heterocycles. The van der Waals surface area contributed by atoms with Crippen LogP contribution >= 0.6 is 23.2 Å². The second-order valence-corrected chi connectivity index (χ2v) is 13.2. The number of amides is 1. The zero-order valence-corrected chi connectivity index (χ0v) is 27.6. The third-order valence-corrected chi connectivity index (χ3v) is 9.51. The number of carbonyl (C=O) groups excluding carboxylic acids is 2. The molecule has 1 spiro atoms. The van der Waals surface area contributed by atoms with E-state index in [1.807, 2.05) is 17.9 Å². The van der Waals surface area contributed by atoms with Gasteiger partial charge in [-0.05, 0) is 66.8 Å². The van der Waals surface area contributed by atoms with Crippen LogP contribution in [0.25, 0.3) is 10.9 Å². The molecule has 0 aliphatic carbocycles. The first-order valence-electron chi connectivity index (χ1n) is 15.5. The fourth-order valence-electron chi connectivity index (χ4n) is 5.97. The highest BCUT2D eigenvalue weighted by Crippen LogP contribution is 2.39. The number of ketones is 1. The highest BCUT2D eigenvalue weighted by Gasteiger charge is 2.41. The van der Waals surface area contributed by atoms with Crippen LogP contribution in [-0.4, -0.2) is 59.5 Å². The molecular weight excluding hydrogens is 670 g/mol. The van der Waals surface area contributed by atoms with Gasteiger partial charge in [0.2, 0.25) is 11.8 Å². The van der Waals surface area contributed by atoms with Gasteiger partial charge >= 0.3 is 6.18 Å². The van der Waals surface area contributed by atoms with Gasteiger partial charge in [0.05, 0.1) is 47.7 Å². The number of rotatable bonds is 10. The van der Waals surface area contributed by atoms with Crippen molar-refractivity contribution >= 4 is 45.8 Å². The number of carbonyl (C=O) groups is 2. The molecule has 2 aliphatic rings. The Morgan fingerprint density at radius 1 is 0.979 bits per heavy atom. The summed E-state index contributed by atoms with van der Waals surface area (Å²) in [7, 11) is 0. The maximum absolute atomic E-state index is 13.2. The molecule has 4 aromatic rings. The summed E-state index contributed by atoms with van der Waals surface area (Å²) in [5.74, 6) is 1.03. The smallest absolute Gasteiger partial charge is 0.417 e. The number of nitrogens with zero attached hydrogens (tertiary/aromatic N) is 3. The molecule has 252 valence electrons. The Labute approximate surface area is 285 Å². The number of alkyl halides is 3. The quantitative estimate of drug-likeness (QED) is 0.167. The average molecular weight is 703 g/mol. The first-order chi connectivity index (χ1) is 22.9. The standard InChI is InChI=1S/C35H32Cl2F3N3O5/c1-21-12-26-30(17-31(21)47-11-6-32(45)43-9-7-34(8-10-43)18-46-19-34)41-20-42-33(26)48-25-4-3-23(29(37)16-25)15-24(44)13-22-2-5-28(36)27(14-22)35(38,39)40/h2-5,12,14,16-17,20H,6-11,13,15,18-19H2,1H3. The Kier molecular flexibility index (Phi) is 9.83. The number of fused-ring (bicyclic) bond motifs is 1. The SMILES string of the molecule is Cc1cc2c(Oc3ccc(CC(=O)Cc4ccc(Cl)c(C(F)(F)F)c4)c(Cl)c3)ncnc2cc1OCCC(=O)N1CCC2(CC1)COC2. The van der Waals surface area contributed by atoms with Crippen LogP contribution in [0.4, 0.5) is 13.2 Å². The Hall–Kier alpha value is -3.93. The fraction of sp³-hybridized carbons (Fsp3) is 0.371. The summed E-state index contributed by atoms with van der Waals surface area (Å²) in [6.07, 6.45) is -1.31. The molecule has 0 N–H and O–H groups in total. The maximum atomic E-state index is 13.2. The minimum absolute atomic E-state index is 0.0803. The summed E-state index contributed by atoms with van der Waals surface area (Å²) in [5.41, 5.74) is 1.39. The lowest BCUT2D eigenvalue weighted by atomic mass is 9.77. The molecule has 1 amide bonds. The van der Waals surface area contributed by atoms with Crippen LogP contribution in [0.3, 0.4) is 0 Å². The topological polar surface area (TPSA) is 90.8 Å². The monoisotopic (exact) mass is 701 g/mol. The molecule has 6 rings (SSSR count). The van der Waals surface area contributed by atoms with Crippen molar-refractivity contribution in [3.8, 4) is 17.4 Å². The summed E-state index contributed by atoms with van der Waals surface area (Å²) in [4.78, 5) is 36.0. The van der Waals surface area contributed by atoms with E-state index < -0.39 is 16.8 Å². The zero-order chi connectivity index (χ0) is 34.1. The van der Waals surface area contributed by atoms with Gasteiger partial charge in [-0.1, -0.05) is 35.3 Å². The van der Waals surface area contributed by atoms with Gasteiger partial charge < -0.3 is 19.1 Å². The molecule has 2 fully saturated rings. The molecule has 1 aromatic heterocycles. The second-order valence-electron chi connectivity index (χ2n) is 12.3. The number of hydrogen-bond donors (Lipinski definition) is 0. The van der Waals surface area contributed by atoms with E-state index in [-0.39, 0.29) is 59.4 Å². The summed E-state index contributed by atoms with van der Waals surface area (Å²) in [6.45, 7) is 5.23. The summed E-state index contributed by atoms with van der Waals surface area (Å²) in [5, 5.41) is 0.471. The van der Waals surface area contributed by atoms with Crippen LogP contribution in [0.15, 0.2) is 54.9 Å². The van der Waals surface area contributed by atoms with Crippen molar-refractivity contribution in [2.45, 2.75) is 45.2 Å². The van der Waals surface area contributed by atoms with Crippen LogP contribution in [0, 0.1) is 12.3 Å². The Balaban J connectivity index is 1.06. The van der Waals surface area contributed by atoms with Gasteiger partial charge in [-0.25, -0.2) is 9.97 Å². The van der Waals surface area contributed by atoms with E-state index in [2.05, 4.69) is 9.97 Å². The molecule has 13 heteroatoms. The van der Waals surface area contributed by atoms with Gasteiger partial charge in [0.1, 0.15) is 23.6 Å². The number of Topliss-reactive ketones (excluding diaryl/α,β-unsaturated/α-hetero) is 1. The average Bonchev–Trinajstić information content (AvgIpc) is 3.02. The zero-order valence-electron chi connectivity index (χ0n) is 26.0. The van der Waals surface area contributed by atoms with Crippen molar-refractivity contribution in [1.82, 2.24) is 14.9 Å². The fourth-order valence-corrected chi connectivity index (χ4v) is 6.43. The minimum atomic E-state index is -4.62.